The number of ether oxygens (including phenoxy) is 3. The maximum absolute atomic E-state index is 12.8. The third-order valence-electron chi connectivity index (χ3n) is 12.5. The highest BCUT2D eigenvalue weighted by atomic mass is 16.6. The summed E-state index contributed by atoms with van der Waals surface area (Å²) in [6.45, 7) is 6.45. The first-order valence-electron chi connectivity index (χ1n) is 28.8. The Kier molecular flexibility index (Phi) is 53.3. The Morgan fingerprint density at radius 1 is 0.313 bits per heavy atom. The van der Waals surface area contributed by atoms with Gasteiger partial charge in [0.15, 0.2) is 6.10 Å². The monoisotopic (exact) mass is 937 g/mol. The molecule has 0 aliphatic heterocycles. The second kappa shape index (κ2) is 55.7. The Morgan fingerprint density at radius 3 is 0.985 bits per heavy atom. The predicted octanol–water partition coefficient (Wildman–Crippen LogP) is 19.2. The van der Waals surface area contributed by atoms with Gasteiger partial charge in [-0.05, 0) is 77.0 Å². The van der Waals surface area contributed by atoms with E-state index in [1.807, 2.05) is 0 Å². The number of carbonyl (C=O) groups excluding carboxylic acids is 3. The van der Waals surface area contributed by atoms with Crippen molar-refractivity contribution in [1.82, 2.24) is 0 Å². The van der Waals surface area contributed by atoms with E-state index in [1.165, 1.54) is 135 Å². The van der Waals surface area contributed by atoms with Gasteiger partial charge in [0.2, 0.25) is 0 Å². The Hall–Kier alpha value is -2.89. The minimum absolute atomic E-state index is 0.0885. The van der Waals surface area contributed by atoms with Gasteiger partial charge in [-0.1, -0.05) is 255 Å². The Balaban J connectivity index is 4.27. The standard InChI is InChI=1S/C61H108O6/c1-4-7-10-13-16-19-22-25-26-27-28-29-30-31-32-33-34-37-39-42-45-48-51-54-60(63)66-57-58(67-61(64)55-52-49-46-43-40-36-24-21-18-15-12-9-6-3)56-65-59(62)53-50-47-44-41-38-35-23-20-17-14-11-8-5-2/h9,11-12,14,18,20-21,23,36,40,58H,4-8,10,13,15-17,19,22,24-35,37-39,41-57H2,1-3H3/b12-9-,14-11-,21-18-,23-20-,40-36-. The summed E-state index contributed by atoms with van der Waals surface area (Å²) >= 11 is 0. The molecule has 67 heavy (non-hydrogen) atoms. The van der Waals surface area contributed by atoms with Gasteiger partial charge in [-0.15, -0.1) is 0 Å². The second-order valence-electron chi connectivity index (χ2n) is 19.2. The van der Waals surface area contributed by atoms with E-state index in [0.29, 0.717) is 19.3 Å². The molecule has 0 saturated carbocycles. The molecule has 0 aromatic rings. The van der Waals surface area contributed by atoms with Gasteiger partial charge >= 0.3 is 17.9 Å². The van der Waals surface area contributed by atoms with Crippen molar-refractivity contribution in [3.05, 3.63) is 60.8 Å². The van der Waals surface area contributed by atoms with Crippen LogP contribution in [-0.4, -0.2) is 37.2 Å². The molecule has 0 aliphatic rings. The van der Waals surface area contributed by atoms with Crippen LogP contribution in [0.4, 0.5) is 0 Å². The molecule has 1 atom stereocenters. The summed E-state index contributed by atoms with van der Waals surface area (Å²) in [6.07, 6.45) is 69.4. The summed E-state index contributed by atoms with van der Waals surface area (Å²) in [5.74, 6) is -0.923. The van der Waals surface area contributed by atoms with Crippen LogP contribution >= 0.6 is 0 Å². The molecule has 0 saturated heterocycles. The summed E-state index contributed by atoms with van der Waals surface area (Å²) in [4.78, 5) is 38.1. The Labute approximate surface area is 415 Å². The first-order valence-corrected chi connectivity index (χ1v) is 28.8. The largest absolute Gasteiger partial charge is 0.462 e. The van der Waals surface area contributed by atoms with E-state index in [0.717, 1.165) is 116 Å². The van der Waals surface area contributed by atoms with Gasteiger partial charge < -0.3 is 14.2 Å². The van der Waals surface area contributed by atoms with Gasteiger partial charge in [0, 0.05) is 19.3 Å². The highest BCUT2D eigenvalue weighted by molar-refractivity contribution is 5.71. The van der Waals surface area contributed by atoms with E-state index in [-0.39, 0.29) is 31.1 Å². The molecule has 0 fully saturated rings. The van der Waals surface area contributed by atoms with E-state index >= 15 is 0 Å². The first-order chi connectivity index (χ1) is 33.0. The molecule has 0 heterocycles. The molecule has 0 aromatic heterocycles. The van der Waals surface area contributed by atoms with Crippen molar-refractivity contribution < 1.29 is 28.6 Å². The van der Waals surface area contributed by atoms with E-state index in [4.69, 9.17) is 14.2 Å². The van der Waals surface area contributed by atoms with Crippen molar-refractivity contribution in [3.63, 3.8) is 0 Å². The summed E-state index contributed by atoms with van der Waals surface area (Å²) in [6, 6.07) is 0. The van der Waals surface area contributed by atoms with Crippen LogP contribution in [0.1, 0.15) is 290 Å². The Morgan fingerprint density at radius 2 is 0.612 bits per heavy atom. The number of allylic oxidation sites excluding steroid dienone is 10. The lowest BCUT2D eigenvalue weighted by Gasteiger charge is -2.18. The van der Waals surface area contributed by atoms with E-state index in [2.05, 4.69) is 81.5 Å². The van der Waals surface area contributed by atoms with Gasteiger partial charge in [0.05, 0.1) is 0 Å². The molecule has 1 unspecified atom stereocenters. The lowest BCUT2D eigenvalue weighted by Crippen LogP contribution is -2.30. The minimum atomic E-state index is -0.793. The quantitative estimate of drug-likeness (QED) is 0.0262. The van der Waals surface area contributed by atoms with Crippen molar-refractivity contribution in [2.45, 2.75) is 297 Å². The van der Waals surface area contributed by atoms with Crippen LogP contribution in [0.5, 0.6) is 0 Å². The molecule has 0 radical (unpaired) electrons. The third kappa shape index (κ3) is 53.9. The van der Waals surface area contributed by atoms with E-state index in [9.17, 15) is 14.4 Å². The smallest absolute Gasteiger partial charge is 0.306 e. The van der Waals surface area contributed by atoms with Gasteiger partial charge in [-0.25, -0.2) is 0 Å². The SMILES string of the molecule is CC/C=C\C/C=C\C/C=C\CCCCCC(=O)OC(COC(=O)CCCCCCC/C=C\C/C=C\CCC)COC(=O)CCCCCCCCCCCCCCCCCCCCCCCCC. The van der Waals surface area contributed by atoms with Crippen LogP contribution in [0.3, 0.4) is 0 Å². The molecule has 6 heteroatoms. The number of carbonyl (C=O) groups is 3. The fourth-order valence-corrected chi connectivity index (χ4v) is 8.20. The van der Waals surface area contributed by atoms with Crippen molar-refractivity contribution in [2.75, 3.05) is 13.2 Å². The van der Waals surface area contributed by atoms with Gasteiger partial charge in [-0.3, -0.25) is 14.4 Å². The lowest BCUT2D eigenvalue weighted by molar-refractivity contribution is -0.167. The van der Waals surface area contributed by atoms with E-state index < -0.39 is 6.10 Å². The van der Waals surface area contributed by atoms with Gasteiger partial charge in [-0.2, -0.15) is 0 Å². The zero-order chi connectivity index (χ0) is 48.6. The molecule has 0 N–H and O–H groups in total. The van der Waals surface area contributed by atoms with Crippen LogP contribution in [-0.2, 0) is 28.6 Å². The normalized spacial score (nSPS) is 12.5. The number of hydrogen-bond acceptors (Lipinski definition) is 6. The van der Waals surface area contributed by atoms with Crippen LogP contribution < -0.4 is 0 Å². The molecular formula is C61H108O6. The zero-order valence-electron chi connectivity index (χ0n) is 44.4. The maximum Gasteiger partial charge on any atom is 0.306 e. The number of unbranched alkanes of at least 4 members (excludes halogenated alkanes) is 31. The number of esters is 3. The molecular weight excluding hydrogens is 829 g/mol. The molecule has 0 spiro atoms. The van der Waals surface area contributed by atoms with E-state index in [1.54, 1.807) is 0 Å². The molecule has 0 rings (SSSR count). The molecule has 0 aromatic carbocycles. The van der Waals surface area contributed by atoms with Gasteiger partial charge in [0.25, 0.3) is 0 Å². The van der Waals surface area contributed by atoms with Crippen LogP contribution in [0, 0.1) is 0 Å². The maximum atomic E-state index is 12.8. The minimum Gasteiger partial charge on any atom is -0.462 e. The van der Waals surface area contributed by atoms with Crippen molar-refractivity contribution in [2.24, 2.45) is 0 Å². The number of rotatable bonds is 52. The molecule has 388 valence electrons. The van der Waals surface area contributed by atoms with Crippen molar-refractivity contribution in [1.29, 1.82) is 0 Å². The molecule has 0 bridgehead atoms. The van der Waals surface area contributed by atoms with Crippen LogP contribution in [0.2, 0.25) is 0 Å². The summed E-state index contributed by atoms with van der Waals surface area (Å²) in [5.41, 5.74) is 0. The molecule has 0 amide bonds. The first kappa shape index (κ1) is 64.1. The predicted molar refractivity (Wildman–Crippen MR) is 288 cm³/mol. The summed E-state index contributed by atoms with van der Waals surface area (Å²) < 4.78 is 16.8. The summed E-state index contributed by atoms with van der Waals surface area (Å²) in [7, 11) is 0. The van der Waals surface area contributed by atoms with Crippen LogP contribution in [0.15, 0.2) is 60.8 Å². The fraction of sp³-hybridized carbons (Fsp3) is 0.787. The Bertz CT molecular complexity index is 1210. The van der Waals surface area contributed by atoms with Gasteiger partial charge in [0.1, 0.15) is 13.2 Å². The molecule has 0 aliphatic carbocycles. The van der Waals surface area contributed by atoms with Crippen LogP contribution in [0.25, 0.3) is 0 Å². The highest BCUT2D eigenvalue weighted by Crippen LogP contribution is 2.17. The average molecular weight is 938 g/mol. The second-order valence-corrected chi connectivity index (χ2v) is 19.2. The van der Waals surface area contributed by atoms with Crippen molar-refractivity contribution >= 4 is 17.9 Å². The average Bonchev–Trinajstić information content (AvgIpc) is 3.33. The van der Waals surface area contributed by atoms with Crippen molar-refractivity contribution in [3.8, 4) is 0 Å². The fourth-order valence-electron chi connectivity index (χ4n) is 8.20. The lowest BCUT2D eigenvalue weighted by atomic mass is 10.0. The zero-order valence-corrected chi connectivity index (χ0v) is 44.4. The number of hydrogen-bond donors (Lipinski definition) is 0. The third-order valence-corrected chi connectivity index (χ3v) is 12.5. The highest BCUT2D eigenvalue weighted by Gasteiger charge is 2.19. The topological polar surface area (TPSA) is 78.9 Å². The summed E-state index contributed by atoms with van der Waals surface area (Å²) in [5, 5.41) is 0. The molecule has 6 nitrogen and oxygen atoms in total.